The van der Waals surface area contributed by atoms with Gasteiger partial charge in [0.15, 0.2) is 0 Å². The third-order valence-electron chi connectivity index (χ3n) is 4.06. The molecular weight excluding hydrogens is 294 g/mol. The number of anilines is 1. The first kappa shape index (κ1) is 15.3. The van der Waals surface area contributed by atoms with Crippen molar-refractivity contribution >= 4 is 11.8 Å². The molecule has 2 aromatic heterocycles. The Labute approximate surface area is 133 Å². The van der Waals surface area contributed by atoms with Crippen LogP contribution in [0.15, 0.2) is 29.2 Å². The number of pyridine rings is 2. The fourth-order valence-corrected chi connectivity index (χ4v) is 3.02. The molecule has 0 radical (unpaired) electrons. The summed E-state index contributed by atoms with van der Waals surface area (Å²) in [5.41, 5.74) is 9.00. The fraction of sp³-hybridized carbons (Fsp3) is 0.353. The molecule has 2 N–H and O–H groups in total. The van der Waals surface area contributed by atoms with Crippen molar-refractivity contribution < 1.29 is 9.53 Å². The zero-order chi connectivity index (χ0) is 16.6. The predicted octanol–water partition coefficient (Wildman–Crippen LogP) is 1.85. The van der Waals surface area contributed by atoms with Crippen molar-refractivity contribution in [2.45, 2.75) is 32.7 Å². The van der Waals surface area contributed by atoms with Crippen LogP contribution in [0.4, 0.5) is 5.82 Å². The van der Waals surface area contributed by atoms with Gasteiger partial charge in [-0.25, -0.2) is 9.78 Å². The number of aromatic nitrogens is 2. The van der Waals surface area contributed by atoms with E-state index < -0.39 is 6.04 Å². The zero-order valence-corrected chi connectivity index (χ0v) is 13.2. The molecule has 0 fully saturated rings. The molecule has 0 amide bonds. The molecule has 6 heteroatoms. The van der Waals surface area contributed by atoms with Crippen molar-refractivity contribution in [2.24, 2.45) is 0 Å². The molecule has 0 unspecified atom stereocenters. The molecule has 6 nitrogen and oxygen atoms in total. The molecular formula is C17H19N3O3. The van der Waals surface area contributed by atoms with E-state index in [-0.39, 0.29) is 11.5 Å². The van der Waals surface area contributed by atoms with Gasteiger partial charge < -0.3 is 10.5 Å². The lowest BCUT2D eigenvalue weighted by Crippen LogP contribution is -2.28. The quantitative estimate of drug-likeness (QED) is 0.874. The standard InChI is InChI=1S/C17H19N3O3/c1-3-23-17(22)14-5-4-12-7-11(8-15(21)20(12)14)13-6-10(2)9-19-16(13)18/h6-9,14H,3-5H2,1-2H3,(H2,18,19)/t14-/m0/s1. The average molecular weight is 313 g/mol. The van der Waals surface area contributed by atoms with Gasteiger partial charge in [-0.2, -0.15) is 0 Å². The first-order chi connectivity index (χ1) is 11.0. The van der Waals surface area contributed by atoms with Crippen LogP contribution >= 0.6 is 0 Å². The maximum Gasteiger partial charge on any atom is 0.329 e. The van der Waals surface area contributed by atoms with Crippen LogP contribution in [-0.2, 0) is 16.0 Å². The van der Waals surface area contributed by atoms with Crippen LogP contribution in [0.25, 0.3) is 11.1 Å². The molecule has 23 heavy (non-hydrogen) atoms. The Morgan fingerprint density at radius 3 is 2.96 bits per heavy atom. The van der Waals surface area contributed by atoms with Gasteiger partial charge in [-0.15, -0.1) is 0 Å². The highest BCUT2D eigenvalue weighted by Gasteiger charge is 2.30. The van der Waals surface area contributed by atoms with Crippen LogP contribution in [0.2, 0.25) is 0 Å². The Balaban J connectivity index is 2.06. The van der Waals surface area contributed by atoms with E-state index in [9.17, 15) is 9.59 Å². The monoisotopic (exact) mass is 313 g/mol. The number of ether oxygens (including phenoxy) is 1. The van der Waals surface area contributed by atoms with Crippen molar-refractivity contribution in [2.75, 3.05) is 12.3 Å². The van der Waals surface area contributed by atoms with Crippen LogP contribution in [-0.4, -0.2) is 22.1 Å². The molecule has 0 saturated carbocycles. The Morgan fingerprint density at radius 2 is 2.22 bits per heavy atom. The minimum absolute atomic E-state index is 0.214. The van der Waals surface area contributed by atoms with Gasteiger partial charge in [0.1, 0.15) is 11.9 Å². The average Bonchev–Trinajstić information content (AvgIpc) is 2.94. The Hall–Kier alpha value is -2.63. The van der Waals surface area contributed by atoms with Crippen LogP contribution in [0.3, 0.4) is 0 Å². The number of fused-ring (bicyclic) bond motifs is 1. The topological polar surface area (TPSA) is 87.2 Å². The number of carbonyl (C=O) groups excluding carboxylic acids is 1. The van der Waals surface area contributed by atoms with E-state index in [1.807, 2.05) is 19.1 Å². The van der Waals surface area contributed by atoms with Gasteiger partial charge in [0, 0.05) is 23.5 Å². The van der Waals surface area contributed by atoms with Gasteiger partial charge in [0.25, 0.3) is 5.56 Å². The highest BCUT2D eigenvalue weighted by atomic mass is 16.5. The molecule has 0 bridgehead atoms. The van der Waals surface area contributed by atoms with Crippen LogP contribution in [0.1, 0.15) is 30.6 Å². The van der Waals surface area contributed by atoms with Gasteiger partial charge in [-0.1, -0.05) is 0 Å². The van der Waals surface area contributed by atoms with Gasteiger partial charge >= 0.3 is 5.97 Å². The summed E-state index contributed by atoms with van der Waals surface area (Å²) in [6.07, 6.45) is 2.93. The van der Waals surface area contributed by atoms with Crippen molar-refractivity contribution in [3.8, 4) is 11.1 Å². The number of aryl methyl sites for hydroxylation is 2. The molecule has 2 aromatic rings. The van der Waals surface area contributed by atoms with Crippen molar-refractivity contribution in [3.05, 3.63) is 46.0 Å². The molecule has 3 rings (SSSR count). The van der Waals surface area contributed by atoms with E-state index in [0.717, 1.165) is 22.4 Å². The molecule has 0 spiro atoms. The summed E-state index contributed by atoms with van der Waals surface area (Å²) in [7, 11) is 0. The van der Waals surface area contributed by atoms with Gasteiger partial charge in [-0.3, -0.25) is 9.36 Å². The number of nitrogens with two attached hydrogens (primary N) is 1. The van der Waals surface area contributed by atoms with Crippen LogP contribution in [0, 0.1) is 6.92 Å². The minimum Gasteiger partial charge on any atom is -0.464 e. The summed E-state index contributed by atoms with van der Waals surface area (Å²) in [6, 6.07) is 4.80. The number of hydrogen-bond donors (Lipinski definition) is 1. The molecule has 1 aliphatic heterocycles. The predicted molar refractivity (Wildman–Crippen MR) is 87.1 cm³/mol. The number of rotatable bonds is 3. The second-order valence-corrected chi connectivity index (χ2v) is 5.70. The largest absolute Gasteiger partial charge is 0.464 e. The summed E-state index contributed by atoms with van der Waals surface area (Å²) < 4.78 is 6.59. The fourth-order valence-electron chi connectivity index (χ4n) is 3.02. The summed E-state index contributed by atoms with van der Waals surface area (Å²) >= 11 is 0. The smallest absolute Gasteiger partial charge is 0.329 e. The summed E-state index contributed by atoms with van der Waals surface area (Å²) in [4.78, 5) is 28.7. The number of carbonyl (C=O) groups is 1. The molecule has 1 aliphatic rings. The number of nitrogen functional groups attached to an aromatic ring is 1. The molecule has 1 atom stereocenters. The third kappa shape index (κ3) is 2.72. The highest BCUT2D eigenvalue weighted by Crippen LogP contribution is 2.30. The lowest BCUT2D eigenvalue weighted by atomic mass is 10.0. The Morgan fingerprint density at radius 1 is 1.43 bits per heavy atom. The summed E-state index contributed by atoms with van der Waals surface area (Å²) in [6.45, 7) is 3.99. The lowest BCUT2D eigenvalue weighted by molar-refractivity contribution is -0.147. The number of hydrogen-bond acceptors (Lipinski definition) is 5. The SMILES string of the molecule is CCOC(=O)[C@@H]1CCc2cc(-c3cc(C)cnc3N)cc(=O)n21. The van der Waals surface area contributed by atoms with Gasteiger partial charge in [0.2, 0.25) is 0 Å². The van der Waals surface area contributed by atoms with E-state index in [1.54, 1.807) is 13.1 Å². The van der Waals surface area contributed by atoms with Gasteiger partial charge in [0.05, 0.1) is 6.61 Å². The van der Waals surface area contributed by atoms with Crippen molar-refractivity contribution in [3.63, 3.8) is 0 Å². The first-order valence-electron chi connectivity index (χ1n) is 7.66. The minimum atomic E-state index is -0.528. The van der Waals surface area contributed by atoms with E-state index in [2.05, 4.69) is 4.98 Å². The van der Waals surface area contributed by atoms with Crippen LogP contribution in [0.5, 0.6) is 0 Å². The summed E-state index contributed by atoms with van der Waals surface area (Å²) in [5.74, 6) is 0.0396. The second-order valence-electron chi connectivity index (χ2n) is 5.70. The second kappa shape index (κ2) is 5.87. The zero-order valence-electron chi connectivity index (χ0n) is 13.2. The normalized spacial score (nSPS) is 16.2. The van der Waals surface area contributed by atoms with Crippen molar-refractivity contribution in [1.82, 2.24) is 9.55 Å². The highest BCUT2D eigenvalue weighted by molar-refractivity contribution is 5.77. The molecule has 0 aliphatic carbocycles. The third-order valence-corrected chi connectivity index (χ3v) is 4.06. The molecule has 3 heterocycles. The van der Waals surface area contributed by atoms with E-state index in [4.69, 9.17) is 10.5 Å². The molecule has 0 aromatic carbocycles. The molecule has 0 saturated heterocycles. The first-order valence-corrected chi connectivity index (χ1v) is 7.66. The van der Waals surface area contributed by atoms with Gasteiger partial charge in [-0.05, 0) is 49.9 Å². The van der Waals surface area contributed by atoms with Crippen molar-refractivity contribution in [1.29, 1.82) is 0 Å². The lowest BCUT2D eigenvalue weighted by Gasteiger charge is -2.14. The molecule has 120 valence electrons. The maximum atomic E-state index is 12.5. The number of esters is 1. The Bertz CT molecular complexity index is 826. The van der Waals surface area contributed by atoms with E-state index in [1.165, 1.54) is 10.6 Å². The van der Waals surface area contributed by atoms with Crippen LogP contribution < -0.4 is 11.3 Å². The van der Waals surface area contributed by atoms with E-state index in [0.29, 0.717) is 25.3 Å². The number of nitrogens with zero attached hydrogens (tertiary/aromatic N) is 2. The Kier molecular flexibility index (Phi) is 3.90. The van der Waals surface area contributed by atoms with E-state index >= 15 is 0 Å². The maximum absolute atomic E-state index is 12.5. The summed E-state index contributed by atoms with van der Waals surface area (Å²) in [5, 5.41) is 0.